The first kappa shape index (κ1) is 13.7. The maximum absolute atomic E-state index is 11.0. The Morgan fingerprint density at radius 3 is 2.35 bits per heavy atom. The molecule has 0 saturated heterocycles. The molecule has 94 valence electrons. The fourth-order valence-corrected chi connectivity index (χ4v) is 2.30. The number of rotatable bonds is 4. The van der Waals surface area contributed by atoms with Gasteiger partial charge in [-0.1, -0.05) is 39.0 Å². The normalized spacial score (nSPS) is 14.7. The molecule has 0 amide bonds. The van der Waals surface area contributed by atoms with Crippen LogP contribution >= 0.6 is 0 Å². The summed E-state index contributed by atoms with van der Waals surface area (Å²) in [5.41, 5.74) is 9.18. The molecule has 0 aromatic heterocycles. The van der Waals surface area contributed by atoms with Crippen LogP contribution in [-0.4, -0.2) is 17.1 Å². The Kier molecular flexibility index (Phi) is 4.29. The topological polar surface area (TPSA) is 63.3 Å². The van der Waals surface area contributed by atoms with E-state index in [9.17, 15) is 4.79 Å². The highest BCUT2D eigenvalue weighted by molar-refractivity contribution is 5.74. The molecule has 0 aliphatic heterocycles. The summed E-state index contributed by atoms with van der Waals surface area (Å²) in [5.74, 6) is -0.756. The average Bonchev–Trinajstić information content (AvgIpc) is 2.25. The van der Waals surface area contributed by atoms with Crippen LogP contribution in [0.3, 0.4) is 0 Å². The minimum absolute atomic E-state index is 0.176. The van der Waals surface area contributed by atoms with Crippen LogP contribution in [0.4, 0.5) is 0 Å². The number of hydrogen-bond acceptors (Lipinski definition) is 2. The van der Waals surface area contributed by atoms with Gasteiger partial charge in [-0.05, 0) is 29.5 Å². The van der Waals surface area contributed by atoms with Gasteiger partial charge in [0.2, 0.25) is 0 Å². The van der Waals surface area contributed by atoms with Crippen molar-refractivity contribution in [2.45, 2.75) is 45.6 Å². The second kappa shape index (κ2) is 5.32. The van der Waals surface area contributed by atoms with E-state index in [1.807, 2.05) is 19.1 Å². The Bertz CT molecular complexity index is 413. The van der Waals surface area contributed by atoms with E-state index in [0.29, 0.717) is 5.92 Å². The van der Waals surface area contributed by atoms with Gasteiger partial charge in [0.1, 0.15) is 6.04 Å². The van der Waals surface area contributed by atoms with Crippen LogP contribution in [0.25, 0.3) is 0 Å². The smallest absolute Gasteiger partial charge is 0.321 e. The first-order chi connectivity index (χ1) is 7.86. The average molecular weight is 235 g/mol. The Labute approximate surface area is 103 Å². The summed E-state index contributed by atoms with van der Waals surface area (Å²) in [7, 11) is 0. The Balaban J connectivity index is 3.22. The van der Waals surface area contributed by atoms with E-state index in [-0.39, 0.29) is 5.92 Å². The predicted octanol–water partition coefficient (Wildman–Crippen LogP) is 2.63. The molecule has 1 aromatic rings. The second-order valence-electron chi connectivity index (χ2n) is 4.89. The number of aryl methyl sites for hydroxylation is 1. The maximum atomic E-state index is 11.0. The molecular weight excluding hydrogens is 214 g/mol. The number of aliphatic carboxylic acids is 1. The minimum atomic E-state index is -0.950. The molecule has 0 saturated carbocycles. The van der Waals surface area contributed by atoms with Crippen molar-refractivity contribution in [2.75, 3.05) is 0 Å². The zero-order chi connectivity index (χ0) is 13.2. The fraction of sp³-hybridized carbons (Fsp3) is 0.500. The zero-order valence-corrected chi connectivity index (χ0v) is 10.9. The van der Waals surface area contributed by atoms with Gasteiger partial charge in [-0.15, -0.1) is 0 Å². The van der Waals surface area contributed by atoms with E-state index in [0.717, 1.165) is 5.56 Å². The molecule has 0 aliphatic carbocycles. The molecule has 3 nitrogen and oxygen atoms in total. The summed E-state index contributed by atoms with van der Waals surface area (Å²) in [4.78, 5) is 11.0. The molecule has 1 rings (SSSR count). The van der Waals surface area contributed by atoms with E-state index in [1.165, 1.54) is 11.1 Å². The zero-order valence-electron chi connectivity index (χ0n) is 10.9. The molecule has 0 aliphatic rings. The summed E-state index contributed by atoms with van der Waals surface area (Å²) in [6, 6.07) is 5.14. The van der Waals surface area contributed by atoms with Crippen molar-refractivity contribution < 1.29 is 9.90 Å². The molecule has 17 heavy (non-hydrogen) atoms. The Morgan fingerprint density at radius 2 is 1.88 bits per heavy atom. The van der Waals surface area contributed by atoms with Crippen molar-refractivity contribution >= 4 is 5.97 Å². The third kappa shape index (κ3) is 2.86. The molecule has 0 spiro atoms. The van der Waals surface area contributed by atoms with Crippen LogP contribution < -0.4 is 5.73 Å². The number of carboxylic acids is 1. The first-order valence-corrected chi connectivity index (χ1v) is 5.94. The lowest BCUT2D eigenvalue weighted by Crippen LogP contribution is -2.35. The van der Waals surface area contributed by atoms with Crippen LogP contribution in [0.1, 0.15) is 49.3 Å². The molecule has 3 N–H and O–H groups in total. The predicted molar refractivity (Wildman–Crippen MR) is 69.3 cm³/mol. The van der Waals surface area contributed by atoms with E-state index in [2.05, 4.69) is 26.8 Å². The third-order valence-corrected chi connectivity index (χ3v) is 3.25. The minimum Gasteiger partial charge on any atom is -0.480 e. The molecule has 2 atom stereocenters. The van der Waals surface area contributed by atoms with Gasteiger partial charge in [0.15, 0.2) is 0 Å². The van der Waals surface area contributed by atoms with Gasteiger partial charge < -0.3 is 10.8 Å². The Morgan fingerprint density at radius 1 is 1.29 bits per heavy atom. The van der Waals surface area contributed by atoms with E-state index in [4.69, 9.17) is 10.8 Å². The van der Waals surface area contributed by atoms with Crippen molar-refractivity contribution in [3.05, 3.63) is 34.9 Å². The molecule has 0 heterocycles. The standard InChI is InChI=1S/C14H21NO2/c1-8(2)12-9(3)6-5-7-11(12)10(4)13(15)14(16)17/h5-8,10,13H,15H2,1-4H3,(H,16,17)/t10-,13+/m1/s1. The van der Waals surface area contributed by atoms with Gasteiger partial charge >= 0.3 is 5.97 Å². The number of nitrogens with two attached hydrogens (primary N) is 1. The van der Waals surface area contributed by atoms with Crippen LogP contribution in [-0.2, 0) is 4.79 Å². The van der Waals surface area contributed by atoms with Crippen molar-refractivity contribution in [1.82, 2.24) is 0 Å². The quantitative estimate of drug-likeness (QED) is 0.843. The van der Waals surface area contributed by atoms with Gasteiger partial charge in [-0.3, -0.25) is 4.79 Å². The molecule has 0 unspecified atom stereocenters. The van der Waals surface area contributed by atoms with E-state index in [1.54, 1.807) is 0 Å². The highest BCUT2D eigenvalue weighted by Gasteiger charge is 2.24. The molecule has 3 heteroatoms. The third-order valence-electron chi connectivity index (χ3n) is 3.25. The monoisotopic (exact) mass is 235 g/mol. The molecule has 1 aromatic carbocycles. The summed E-state index contributed by atoms with van der Waals surface area (Å²) >= 11 is 0. The number of carboxylic acid groups (broad SMARTS) is 1. The molecule has 0 fully saturated rings. The fourth-order valence-electron chi connectivity index (χ4n) is 2.30. The van der Waals surface area contributed by atoms with Crippen LogP contribution in [0, 0.1) is 6.92 Å². The van der Waals surface area contributed by atoms with E-state index < -0.39 is 12.0 Å². The molecule has 0 bridgehead atoms. The SMILES string of the molecule is Cc1cccc([C@@H](C)[C@H](N)C(=O)O)c1C(C)C. The van der Waals surface area contributed by atoms with Crippen molar-refractivity contribution in [1.29, 1.82) is 0 Å². The lowest BCUT2D eigenvalue weighted by Gasteiger charge is -2.23. The first-order valence-electron chi connectivity index (χ1n) is 5.94. The van der Waals surface area contributed by atoms with Crippen molar-refractivity contribution in [2.24, 2.45) is 5.73 Å². The van der Waals surface area contributed by atoms with Gasteiger partial charge in [-0.2, -0.15) is 0 Å². The van der Waals surface area contributed by atoms with Crippen LogP contribution in [0.15, 0.2) is 18.2 Å². The number of hydrogen-bond donors (Lipinski definition) is 2. The lowest BCUT2D eigenvalue weighted by atomic mass is 9.84. The Hall–Kier alpha value is -1.35. The number of benzene rings is 1. The van der Waals surface area contributed by atoms with Gasteiger partial charge in [-0.25, -0.2) is 0 Å². The second-order valence-corrected chi connectivity index (χ2v) is 4.89. The van der Waals surface area contributed by atoms with E-state index >= 15 is 0 Å². The molecule has 0 radical (unpaired) electrons. The largest absolute Gasteiger partial charge is 0.480 e. The highest BCUT2D eigenvalue weighted by Crippen LogP contribution is 2.30. The lowest BCUT2D eigenvalue weighted by molar-refractivity contribution is -0.139. The summed E-state index contributed by atoms with van der Waals surface area (Å²) in [6.07, 6.45) is 0. The van der Waals surface area contributed by atoms with Gasteiger partial charge in [0.05, 0.1) is 0 Å². The van der Waals surface area contributed by atoms with Crippen molar-refractivity contribution in [3.63, 3.8) is 0 Å². The summed E-state index contributed by atoms with van der Waals surface area (Å²) < 4.78 is 0. The summed E-state index contributed by atoms with van der Waals surface area (Å²) in [6.45, 7) is 8.16. The number of carbonyl (C=O) groups is 1. The molecular formula is C14H21NO2. The summed E-state index contributed by atoms with van der Waals surface area (Å²) in [5, 5.41) is 8.99. The maximum Gasteiger partial charge on any atom is 0.321 e. The van der Waals surface area contributed by atoms with Gasteiger partial charge in [0.25, 0.3) is 0 Å². The van der Waals surface area contributed by atoms with Crippen LogP contribution in [0.5, 0.6) is 0 Å². The van der Waals surface area contributed by atoms with Crippen LogP contribution in [0.2, 0.25) is 0 Å². The van der Waals surface area contributed by atoms with Crippen molar-refractivity contribution in [3.8, 4) is 0 Å². The van der Waals surface area contributed by atoms with Gasteiger partial charge in [0, 0.05) is 5.92 Å². The highest BCUT2D eigenvalue weighted by atomic mass is 16.4.